The Morgan fingerprint density at radius 1 is 1.44 bits per heavy atom. The summed E-state index contributed by atoms with van der Waals surface area (Å²) in [7, 11) is 0. The molecule has 0 heterocycles. The molecule has 3 nitrogen and oxygen atoms in total. The Labute approximate surface area is 115 Å². The van der Waals surface area contributed by atoms with Gasteiger partial charge in [0.25, 0.3) is 5.91 Å². The van der Waals surface area contributed by atoms with Crippen molar-refractivity contribution in [1.82, 2.24) is 5.32 Å². The quantitative estimate of drug-likeness (QED) is 0.523. The van der Waals surface area contributed by atoms with Gasteiger partial charge in [0.2, 0.25) is 0 Å². The van der Waals surface area contributed by atoms with E-state index >= 15 is 0 Å². The maximum Gasteiger partial charge on any atom is 0.262 e. The van der Waals surface area contributed by atoms with Crippen molar-refractivity contribution in [2.24, 2.45) is 0 Å². The van der Waals surface area contributed by atoms with Crippen LogP contribution in [0.4, 0.5) is 0 Å². The molecule has 0 aliphatic heterocycles. The second kappa shape index (κ2) is 6.85. The highest BCUT2D eigenvalue weighted by Crippen LogP contribution is 2.26. The van der Waals surface area contributed by atoms with Crippen molar-refractivity contribution in [2.45, 2.75) is 0 Å². The normalized spacial score (nSPS) is 10.6. The van der Waals surface area contributed by atoms with Gasteiger partial charge < -0.3 is 5.32 Å². The van der Waals surface area contributed by atoms with Crippen LogP contribution in [0.25, 0.3) is 6.08 Å². The molecule has 5 heteroatoms. The molecule has 0 saturated carbocycles. The van der Waals surface area contributed by atoms with Gasteiger partial charge in [0.1, 0.15) is 11.6 Å². The smallest absolute Gasteiger partial charge is 0.262 e. The fourth-order valence-electron chi connectivity index (χ4n) is 1.20. The van der Waals surface area contributed by atoms with Gasteiger partial charge >= 0.3 is 0 Å². The number of carbonyl (C=O) groups is 1. The summed E-state index contributed by atoms with van der Waals surface area (Å²) in [5, 5.41) is 12.2. The second-order valence-corrected chi connectivity index (χ2v) is 4.12. The fraction of sp³-hybridized carbons (Fsp3) is 0.0769. The molecule has 1 aromatic rings. The first-order valence-corrected chi connectivity index (χ1v) is 5.80. The van der Waals surface area contributed by atoms with Gasteiger partial charge in [-0.1, -0.05) is 35.3 Å². The molecule has 0 aliphatic carbocycles. The lowest BCUT2D eigenvalue weighted by Crippen LogP contribution is -2.24. The minimum absolute atomic E-state index is 0.0631. The fourth-order valence-corrected chi connectivity index (χ4v) is 1.71. The largest absolute Gasteiger partial charge is 0.348 e. The Morgan fingerprint density at radius 2 is 2.06 bits per heavy atom. The Morgan fingerprint density at radius 3 is 2.56 bits per heavy atom. The summed E-state index contributed by atoms with van der Waals surface area (Å²) in [5.74, 6) is -0.492. The highest BCUT2D eigenvalue weighted by atomic mass is 35.5. The molecule has 0 unspecified atom stereocenters. The van der Waals surface area contributed by atoms with Crippen molar-refractivity contribution >= 4 is 35.2 Å². The summed E-state index contributed by atoms with van der Waals surface area (Å²) < 4.78 is 0. The van der Waals surface area contributed by atoms with Gasteiger partial charge in [0, 0.05) is 22.2 Å². The van der Waals surface area contributed by atoms with Gasteiger partial charge in [0.15, 0.2) is 0 Å². The average Bonchev–Trinajstić information content (AvgIpc) is 2.35. The molecule has 0 fully saturated rings. The van der Waals surface area contributed by atoms with Crippen LogP contribution in [0.2, 0.25) is 10.0 Å². The third-order valence-electron chi connectivity index (χ3n) is 2.06. The van der Waals surface area contributed by atoms with Gasteiger partial charge in [-0.05, 0) is 18.2 Å². The second-order valence-electron chi connectivity index (χ2n) is 3.30. The Kier molecular flexibility index (Phi) is 5.44. The predicted octanol–water partition coefficient (Wildman–Crippen LogP) is 3.20. The number of nitriles is 1. The molecule has 0 bridgehead atoms. The maximum absolute atomic E-state index is 11.6. The minimum Gasteiger partial charge on any atom is -0.348 e. The molecule has 1 N–H and O–H groups in total. The first-order valence-electron chi connectivity index (χ1n) is 5.05. The van der Waals surface area contributed by atoms with Crippen molar-refractivity contribution in [2.75, 3.05) is 6.54 Å². The van der Waals surface area contributed by atoms with E-state index in [4.69, 9.17) is 28.5 Å². The van der Waals surface area contributed by atoms with Crippen LogP contribution in [-0.2, 0) is 4.79 Å². The van der Waals surface area contributed by atoms with Crippen LogP contribution < -0.4 is 5.32 Å². The zero-order chi connectivity index (χ0) is 13.5. The molecule has 0 radical (unpaired) electrons. The van der Waals surface area contributed by atoms with Crippen LogP contribution in [-0.4, -0.2) is 12.5 Å². The summed E-state index contributed by atoms with van der Waals surface area (Å²) in [5.41, 5.74) is 0.387. The number of hydrogen-bond donors (Lipinski definition) is 1. The van der Waals surface area contributed by atoms with E-state index in [1.165, 1.54) is 12.2 Å². The summed E-state index contributed by atoms with van der Waals surface area (Å²) in [6.45, 7) is 3.76. The minimum atomic E-state index is -0.492. The lowest BCUT2D eigenvalue weighted by Gasteiger charge is -2.03. The van der Waals surface area contributed by atoms with E-state index in [9.17, 15) is 4.79 Å². The van der Waals surface area contributed by atoms with E-state index in [2.05, 4.69) is 11.9 Å². The number of carbonyl (C=O) groups excluding carboxylic acids is 1. The first-order chi connectivity index (χ1) is 8.60. The molecule has 18 heavy (non-hydrogen) atoms. The lowest BCUT2D eigenvalue weighted by atomic mass is 10.1. The molecular weight excluding hydrogens is 271 g/mol. The number of amides is 1. The molecule has 0 saturated heterocycles. The monoisotopic (exact) mass is 280 g/mol. The van der Waals surface area contributed by atoms with Crippen LogP contribution in [0.3, 0.4) is 0 Å². The third-order valence-corrected chi connectivity index (χ3v) is 2.72. The van der Waals surface area contributed by atoms with Gasteiger partial charge in [-0.2, -0.15) is 5.26 Å². The number of benzene rings is 1. The topological polar surface area (TPSA) is 52.9 Å². The van der Waals surface area contributed by atoms with E-state index < -0.39 is 5.91 Å². The maximum atomic E-state index is 11.6. The lowest BCUT2D eigenvalue weighted by molar-refractivity contribution is -0.116. The van der Waals surface area contributed by atoms with Gasteiger partial charge in [0.05, 0.1) is 0 Å². The van der Waals surface area contributed by atoms with E-state index in [-0.39, 0.29) is 12.1 Å². The van der Waals surface area contributed by atoms with Crippen molar-refractivity contribution < 1.29 is 4.79 Å². The van der Waals surface area contributed by atoms with Crippen LogP contribution >= 0.6 is 23.2 Å². The van der Waals surface area contributed by atoms with Crippen LogP contribution in [0.1, 0.15) is 5.56 Å². The SMILES string of the molecule is C=CCNC(=O)/C(C#N)=C/c1c(Cl)cccc1Cl. The molecule has 0 atom stereocenters. The summed E-state index contributed by atoms with van der Waals surface area (Å²) >= 11 is 11.9. The van der Waals surface area contributed by atoms with E-state index in [0.717, 1.165) is 0 Å². The Bertz CT molecular complexity index is 524. The Hall–Kier alpha value is -1.76. The van der Waals surface area contributed by atoms with Gasteiger partial charge in [-0.3, -0.25) is 4.79 Å². The van der Waals surface area contributed by atoms with Gasteiger partial charge in [-0.25, -0.2) is 0 Å². The van der Waals surface area contributed by atoms with Crippen LogP contribution in [0.5, 0.6) is 0 Å². The molecule has 1 amide bonds. The Balaban J connectivity index is 3.09. The molecule has 1 rings (SSSR count). The average molecular weight is 281 g/mol. The molecule has 92 valence electrons. The first kappa shape index (κ1) is 14.3. The number of hydrogen-bond acceptors (Lipinski definition) is 2. The van der Waals surface area contributed by atoms with Gasteiger partial charge in [-0.15, -0.1) is 6.58 Å². The predicted molar refractivity (Wildman–Crippen MR) is 73.3 cm³/mol. The summed E-state index contributed by atoms with van der Waals surface area (Å²) in [6.07, 6.45) is 2.89. The number of nitrogens with zero attached hydrogens (tertiary/aromatic N) is 1. The molecule has 1 aromatic carbocycles. The molecule has 0 spiro atoms. The van der Waals surface area contributed by atoms with E-state index in [0.29, 0.717) is 15.6 Å². The van der Waals surface area contributed by atoms with E-state index in [1.807, 2.05) is 6.07 Å². The standard InChI is InChI=1S/C13H10Cl2N2O/c1-2-6-17-13(18)9(8-16)7-10-11(14)4-3-5-12(10)15/h2-5,7H,1,6H2,(H,17,18)/b9-7+. The summed E-state index contributed by atoms with van der Waals surface area (Å²) in [6, 6.07) is 6.77. The zero-order valence-electron chi connectivity index (χ0n) is 9.41. The van der Waals surface area contributed by atoms with Crippen molar-refractivity contribution in [1.29, 1.82) is 5.26 Å². The zero-order valence-corrected chi connectivity index (χ0v) is 10.9. The molecule has 0 aliphatic rings. The highest BCUT2D eigenvalue weighted by molar-refractivity contribution is 6.37. The summed E-state index contributed by atoms with van der Waals surface area (Å²) in [4.78, 5) is 11.6. The van der Waals surface area contributed by atoms with Crippen molar-refractivity contribution in [3.8, 4) is 6.07 Å². The van der Waals surface area contributed by atoms with Crippen molar-refractivity contribution in [3.63, 3.8) is 0 Å². The molecule has 0 aromatic heterocycles. The number of rotatable bonds is 4. The van der Waals surface area contributed by atoms with Crippen molar-refractivity contribution in [3.05, 3.63) is 52.0 Å². The molecular formula is C13H10Cl2N2O. The highest BCUT2D eigenvalue weighted by Gasteiger charge is 2.10. The van der Waals surface area contributed by atoms with E-state index in [1.54, 1.807) is 18.2 Å². The third kappa shape index (κ3) is 3.63. The number of nitrogens with one attached hydrogen (secondary N) is 1. The van der Waals surface area contributed by atoms with Crippen LogP contribution in [0, 0.1) is 11.3 Å². The number of halogens is 2. The van der Waals surface area contributed by atoms with Crippen LogP contribution in [0.15, 0.2) is 36.4 Å².